The second-order valence-electron chi connectivity index (χ2n) is 3.79. The lowest BCUT2D eigenvalue weighted by molar-refractivity contribution is 0.282. The molecule has 0 bridgehead atoms. The van der Waals surface area contributed by atoms with Crippen LogP contribution < -0.4 is 5.32 Å². The first kappa shape index (κ1) is 13.1. The molecular formula is C13H12Cl2N2O. The first-order valence-corrected chi connectivity index (χ1v) is 6.18. The summed E-state index contributed by atoms with van der Waals surface area (Å²) in [5.41, 5.74) is 2.63. The Morgan fingerprint density at radius 3 is 2.72 bits per heavy atom. The van der Waals surface area contributed by atoms with Crippen molar-refractivity contribution in [3.63, 3.8) is 0 Å². The third kappa shape index (κ3) is 3.13. The fourth-order valence-corrected chi connectivity index (χ4v) is 1.89. The number of aliphatic hydroxyl groups excluding tert-OH is 1. The molecule has 0 amide bonds. The van der Waals surface area contributed by atoms with Crippen LogP contribution in [-0.2, 0) is 13.2 Å². The maximum Gasteiger partial charge on any atom is 0.0703 e. The summed E-state index contributed by atoms with van der Waals surface area (Å²) in [4.78, 5) is 4.02. The SMILES string of the molecule is OCc1ccncc1NCc1ccc(Cl)c(Cl)c1. The van der Waals surface area contributed by atoms with Crippen molar-refractivity contribution in [3.8, 4) is 0 Å². The van der Waals surface area contributed by atoms with Crippen LogP contribution in [0.1, 0.15) is 11.1 Å². The summed E-state index contributed by atoms with van der Waals surface area (Å²) in [6.07, 6.45) is 3.33. The van der Waals surface area contributed by atoms with Crippen LogP contribution in [0.4, 0.5) is 5.69 Å². The summed E-state index contributed by atoms with van der Waals surface area (Å²) in [7, 11) is 0. The van der Waals surface area contributed by atoms with Crippen molar-refractivity contribution in [1.29, 1.82) is 0 Å². The number of aliphatic hydroxyl groups is 1. The topological polar surface area (TPSA) is 45.2 Å². The summed E-state index contributed by atoms with van der Waals surface area (Å²) >= 11 is 11.8. The van der Waals surface area contributed by atoms with Gasteiger partial charge in [0, 0.05) is 18.3 Å². The molecule has 0 saturated heterocycles. The molecule has 5 heteroatoms. The minimum atomic E-state index is -0.0216. The molecule has 0 spiro atoms. The lowest BCUT2D eigenvalue weighted by Crippen LogP contribution is -2.03. The Bertz CT molecular complexity index is 546. The van der Waals surface area contributed by atoms with Gasteiger partial charge in [-0.2, -0.15) is 0 Å². The Labute approximate surface area is 115 Å². The number of nitrogens with one attached hydrogen (secondary N) is 1. The van der Waals surface area contributed by atoms with Gasteiger partial charge in [-0.15, -0.1) is 0 Å². The molecule has 2 rings (SSSR count). The molecule has 0 saturated carbocycles. The van der Waals surface area contributed by atoms with Gasteiger partial charge in [0.1, 0.15) is 0 Å². The van der Waals surface area contributed by atoms with Crippen molar-refractivity contribution in [3.05, 3.63) is 57.8 Å². The number of halogens is 2. The van der Waals surface area contributed by atoms with E-state index in [-0.39, 0.29) is 6.61 Å². The summed E-state index contributed by atoms with van der Waals surface area (Å²) < 4.78 is 0. The molecule has 0 aliphatic heterocycles. The average Bonchev–Trinajstić information content (AvgIpc) is 2.40. The minimum absolute atomic E-state index is 0.0216. The third-order valence-corrected chi connectivity index (χ3v) is 3.29. The molecule has 1 heterocycles. The van der Waals surface area contributed by atoms with E-state index in [9.17, 15) is 5.11 Å². The number of rotatable bonds is 4. The van der Waals surface area contributed by atoms with E-state index in [4.69, 9.17) is 23.2 Å². The molecule has 0 unspecified atom stereocenters. The number of nitrogens with zero attached hydrogens (tertiary/aromatic N) is 1. The number of aromatic nitrogens is 1. The zero-order valence-electron chi connectivity index (χ0n) is 9.53. The Kier molecular flexibility index (Phi) is 4.42. The second-order valence-corrected chi connectivity index (χ2v) is 4.61. The van der Waals surface area contributed by atoms with Crippen LogP contribution >= 0.6 is 23.2 Å². The van der Waals surface area contributed by atoms with Gasteiger partial charge in [-0.25, -0.2) is 0 Å². The largest absolute Gasteiger partial charge is 0.392 e. The van der Waals surface area contributed by atoms with Gasteiger partial charge < -0.3 is 10.4 Å². The van der Waals surface area contributed by atoms with Gasteiger partial charge in [-0.1, -0.05) is 29.3 Å². The van der Waals surface area contributed by atoms with Crippen LogP contribution in [0.2, 0.25) is 10.0 Å². The Balaban J connectivity index is 2.09. The van der Waals surface area contributed by atoms with Gasteiger partial charge in [0.05, 0.1) is 28.5 Å². The Morgan fingerprint density at radius 1 is 1.17 bits per heavy atom. The first-order chi connectivity index (χ1) is 8.70. The van der Waals surface area contributed by atoms with Crippen LogP contribution in [0.15, 0.2) is 36.7 Å². The molecule has 3 nitrogen and oxygen atoms in total. The highest BCUT2D eigenvalue weighted by Gasteiger charge is 2.02. The summed E-state index contributed by atoms with van der Waals surface area (Å²) in [5.74, 6) is 0. The summed E-state index contributed by atoms with van der Waals surface area (Å²) in [6.45, 7) is 0.571. The van der Waals surface area contributed by atoms with Crippen molar-refractivity contribution >= 4 is 28.9 Å². The zero-order chi connectivity index (χ0) is 13.0. The summed E-state index contributed by atoms with van der Waals surface area (Å²) in [5, 5.41) is 13.5. The van der Waals surface area contributed by atoms with Crippen LogP contribution in [0, 0.1) is 0 Å². The smallest absolute Gasteiger partial charge is 0.0703 e. The molecule has 1 aromatic carbocycles. The van der Waals surface area contributed by atoms with Crippen molar-refractivity contribution in [1.82, 2.24) is 4.98 Å². The average molecular weight is 283 g/mol. The normalized spacial score (nSPS) is 10.4. The molecule has 0 atom stereocenters. The maximum absolute atomic E-state index is 9.19. The van der Waals surface area contributed by atoms with Crippen LogP contribution in [-0.4, -0.2) is 10.1 Å². The number of benzene rings is 1. The number of hydrogen-bond donors (Lipinski definition) is 2. The van der Waals surface area contributed by atoms with E-state index in [1.807, 2.05) is 12.1 Å². The zero-order valence-corrected chi connectivity index (χ0v) is 11.0. The van der Waals surface area contributed by atoms with Crippen molar-refractivity contribution in [2.75, 3.05) is 5.32 Å². The van der Waals surface area contributed by atoms with E-state index in [0.29, 0.717) is 16.6 Å². The number of anilines is 1. The quantitative estimate of drug-likeness (QED) is 0.902. The van der Waals surface area contributed by atoms with Crippen LogP contribution in [0.5, 0.6) is 0 Å². The van der Waals surface area contributed by atoms with Crippen molar-refractivity contribution in [2.45, 2.75) is 13.2 Å². The lowest BCUT2D eigenvalue weighted by Gasteiger charge is -2.10. The Hall–Kier alpha value is -1.29. The molecule has 94 valence electrons. The van der Waals surface area contributed by atoms with Gasteiger partial charge in [-0.3, -0.25) is 4.98 Å². The Morgan fingerprint density at radius 2 is 2.00 bits per heavy atom. The first-order valence-electron chi connectivity index (χ1n) is 5.42. The predicted octanol–water partition coefficient (Wildman–Crippen LogP) is 3.49. The standard InChI is InChI=1S/C13H12Cl2N2O/c14-11-2-1-9(5-12(11)15)6-17-13-7-16-4-3-10(13)8-18/h1-5,7,17-18H,6,8H2. The molecule has 0 radical (unpaired) electrons. The van der Waals surface area contributed by atoms with Crippen LogP contribution in [0.25, 0.3) is 0 Å². The van der Waals surface area contributed by atoms with Gasteiger partial charge in [0.15, 0.2) is 0 Å². The van der Waals surface area contributed by atoms with E-state index < -0.39 is 0 Å². The maximum atomic E-state index is 9.19. The molecule has 1 aromatic heterocycles. The molecule has 0 fully saturated rings. The molecule has 2 aromatic rings. The molecule has 0 aliphatic carbocycles. The van der Waals surface area contributed by atoms with E-state index in [2.05, 4.69) is 10.3 Å². The van der Waals surface area contributed by atoms with Gasteiger partial charge in [-0.05, 0) is 23.8 Å². The van der Waals surface area contributed by atoms with Crippen LogP contribution in [0.3, 0.4) is 0 Å². The number of hydrogen-bond acceptors (Lipinski definition) is 3. The van der Waals surface area contributed by atoms with E-state index in [1.165, 1.54) is 0 Å². The molecular weight excluding hydrogens is 271 g/mol. The van der Waals surface area contributed by atoms with Gasteiger partial charge in [0.2, 0.25) is 0 Å². The fraction of sp³-hybridized carbons (Fsp3) is 0.154. The van der Waals surface area contributed by atoms with E-state index in [0.717, 1.165) is 16.8 Å². The third-order valence-electron chi connectivity index (χ3n) is 2.55. The molecule has 0 aliphatic rings. The highest BCUT2D eigenvalue weighted by atomic mass is 35.5. The number of pyridine rings is 1. The van der Waals surface area contributed by atoms with Gasteiger partial charge >= 0.3 is 0 Å². The highest BCUT2D eigenvalue weighted by molar-refractivity contribution is 6.42. The lowest BCUT2D eigenvalue weighted by atomic mass is 10.2. The van der Waals surface area contributed by atoms with Gasteiger partial charge in [0.25, 0.3) is 0 Å². The minimum Gasteiger partial charge on any atom is -0.392 e. The van der Waals surface area contributed by atoms with E-state index >= 15 is 0 Å². The summed E-state index contributed by atoms with van der Waals surface area (Å²) in [6, 6.07) is 7.25. The van der Waals surface area contributed by atoms with Crippen molar-refractivity contribution < 1.29 is 5.11 Å². The second kappa shape index (κ2) is 6.05. The molecule has 18 heavy (non-hydrogen) atoms. The monoisotopic (exact) mass is 282 g/mol. The molecule has 2 N–H and O–H groups in total. The van der Waals surface area contributed by atoms with E-state index in [1.54, 1.807) is 24.5 Å². The predicted molar refractivity (Wildman–Crippen MR) is 73.9 cm³/mol. The fourth-order valence-electron chi connectivity index (χ4n) is 1.57. The highest BCUT2D eigenvalue weighted by Crippen LogP contribution is 2.23. The van der Waals surface area contributed by atoms with Crippen molar-refractivity contribution in [2.24, 2.45) is 0 Å².